The molecule has 1 rings (SSSR count). The Morgan fingerprint density at radius 2 is 1.75 bits per heavy atom. The van der Waals surface area contributed by atoms with Crippen LogP contribution in [0.3, 0.4) is 0 Å². The first-order valence-electron chi connectivity index (χ1n) is 3.76. The Morgan fingerprint density at radius 1 is 1.33 bits per heavy atom. The first kappa shape index (κ1) is 9.51. The second kappa shape index (κ2) is 2.45. The van der Waals surface area contributed by atoms with Gasteiger partial charge in [-0.15, -0.1) is 0 Å². The van der Waals surface area contributed by atoms with Crippen LogP contribution in [0.1, 0.15) is 13.8 Å². The second-order valence-corrected chi connectivity index (χ2v) is 6.14. The van der Waals surface area contributed by atoms with Crippen LogP contribution in [0.4, 0.5) is 0 Å². The fourth-order valence-corrected chi connectivity index (χ4v) is 1.24. The minimum absolute atomic E-state index is 0.287. The second-order valence-electron chi connectivity index (χ2n) is 3.57. The zero-order chi connectivity index (χ0) is 9.57. The molecule has 4 nitrogen and oxygen atoms in total. The Labute approximate surface area is 72.5 Å². The normalized spacial score (nSPS) is 17.8. The molecule has 0 aromatic heterocycles. The molecule has 0 saturated carbocycles. The number of carbonyl (C=O) groups excluding carboxylic acids is 1. The van der Waals surface area contributed by atoms with Gasteiger partial charge in [0.2, 0.25) is 5.91 Å². The fourth-order valence-electron chi connectivity index (χ4n) is 0.792. The highest BCUT2D eigenvalue weighted by Gasteiger charge is 2.44. The summed E-state index contributed by atoms with van der Waals surface area (Å²) >= 11 is 0. The minimum Gasteiger partial charge on any atom is -0.338 e. The third-order valence-electron chi connectivity index (χ3n) is 2.18. The van der Waals surface area contributed by atoms with E-state index in [4.69, 9.17) is 0 Å². The van der Waals surface area contributed by atoms with Crippen LogP contribution in [0.2, 0.25) is 0 Å². The molecule has 1 heterocycles. The monoisotopic (exact) mass is 191 g/mol. The molecule has 1 fully saturated rings. The highest BCUT2D eigenvalue weighted by molar-refractivity contribution is 7.92. The molecule has 0 aromatic carbocycles. The first-order valence-corrected chi connectivity index (χ1v) is 5.65. The maximum absolute atomic E-state index is 11.4. The predicted octanol–water partition coefficient (Wildman–Crippen LogP) is -0.348. The average Bonchev–Trinajstić information content (AvgIpc) is 2.64. The van der Waals surface area contributed by atoms with Crippen LogP contribution in [0, 0.1) is 0 Å². The zero-order valence-corrected chi connectivity index (χ0v) is 8.31. The Morgan fingerprint density at radius 3 is 2.00 bits per heavy atom. The third-order valence-corrected chi connectivity index (χ3v) is 4.21. The van der Waals surface area contributed by atoms with Crippen LogP contribution in [0.5, 0.6) is 0 Å². The smallest absolute Gasteiger partial charge is 0.243 e. The van der Waals surface area contributed by atoms with E-state index in [2.05, 4.69) is 0 Å². The molecule has 0 unspecified atom stereocenters. The standard InChI is InChI=1S/C7H13NO3S/c1-7(2,12(3,10)11)6(9)8-4-5-8/h4-5H2,1-3H3. The Balaban J connectivity index is 2.91. The van der Waals surface area contributed by atoms with E-state index in [9.17, 15) is 13.2 Å². The van der Waals surface area contributed by atoms with Crippen molar-refractivity contribution in [2.24, 2.45) is 0 Å². The Hall–Kier alpha value is -0.580. The van der Waals surface area contributed by atoms with Gasteiger partial charge >= 0.3 is 0 Å². The summed E-state index contributed by atoms with van der Waals surface area (Å²) in [5.41, 5.74) is 0. The number of sulfone groups is 1. The summed E-state index contributed by atoms with van der Waals surface area (Å²) in [5.74, 6) is -0.287. The van der Waals surface area contributed by atoms with Crippen molar-refractivity contribution in [1.29, 1.82) is 0 Å². The molecule has 1 aliphatic rings. The summed E-state index contributed by atoms with van der Waals surface area (Å²) in [6, 6.07) is 0. The number of hydrogen-bond donors (Lipinski definition) is 0. The van der Waals surface area contributed by atoms with Crippen molar-refractivity contribution < 1.29 is 13.2 Å². The molecule has 70 valence electrons. The molecular formula is C7H13NO3S. The maximum Gasteiger partial charge on any atom is 0.243 e. The maximum atomic E-state index is 11.4. The van der Waals surface area contributed by atoms with Crippen molar-refractivity contribution in [1.82, 2.24) is 4.90 Å². The van der Waals surface area contributed by atoms with Crippen molar-refractivity contribution in [3.63, 3.8) is 0 Å². The van der Waals surface area contributed by atoms with E-state index in [1.165, 1.54) is 18.7 Å². The predicted molar refractivity (Wildman–Crippen MR) is 45.5 cm³/mol. The van der Waals surface area contributed by atoms with Crippen molar-refractivity contribution in [3.8, 4) is 0 Å². The lowest BCUT2D eigenvalue weighted by molar-refractivity contribution is -0.127. The molecule has 0 spiro atoms. The van der Waals surface area contributed by atoms with Gasteiger partial charge in [-0.3, -0.25) is 4.79 Å². The number of carbonyl (C=O) groups is 1. The van der Waals surface area contributed by atoms with Crippen molar-refractivity contribution >= 4 is 15.7 Å². The summed E-state index contributed by atoms with van der Waals surface area (Å²) in [4.78, 5) is 12.9. The molecule has 0 bridgehead atoms. The van der Waals surface area contributed by atoms with Crippen LogP contribution in [-0.2, 0) is 14.6 Å². The van der Waals surface area contributed by atoms with Gasteiger partial charge in [0.25, 0.3) is 0 Å². The molecule has 1 saturated heterocycles. The lowest BCUT2D eigenvalue weighted by Gasteiger charge is -2.20. The van der Waals surface area contributed by atoms with Crippen LogP contribution in [0.25, 0.3) is 0 Å². The van der Waals surface area contributed by atoms with Gasteiger partial charge in [-0.25, -0.2) is 8.42 Å². The number of rotatable bonds is 2. The molecule has 1 aliphatic heterocycles. The molecule has 0 N–H and O–H groups in total. The van der Waals surface area contributed by atoms with Gasteiger partial charge in [0.05, 0.1) is 0 Å². The van der Waals surface area contributed by atoms with Crippen molar-refractivity contribution in [2.45, 2.75) is 18.6 Å². The van der Waals surface area contributed by atoms with Gasteiger partial charge in [-0.2, -0.15) is 0 Å². The average molecular weight is 191 g/mol. The largest absolute Gasteiger partial charge is 0.338 e. The van der Waals surface area contributed by atoms with Gasteiger partial charge < -0.3 is 4.90 Å². The van der Waals surface area contributed by atoms with E-state index < -0.39 is 14.6 Å². The molecular weight excluding hydrogens is 178 g/mol. The minimum atomic E-state index is -3.30. The molecule has 5 heteroatoms. The van der Waals surface area contributed by atoms with E-state index in [0.29, 0.717) is 13.1 Å². The van der Waals surface area contributed by atoms with Gasteiger partial charge in [-0.1, -0.05) is 0 Å². The van der Waals surface area contributed by atoms with Crippen LogP contribution in [0.15, 0.2) is 0 Å². The zero-order valence-electron chi connectivity index (χ0n) is 7.49. The fraction of sp³-hybridized carbons (Fsp3) is 0.857. The summed E-state index contributed by atoms with van der Waals surface area (Å²) in [7, 11) is -3.30. The van der Waals surface area contributed by atoms with E-state index in [0.717, 1.165) is 6.26 Å². The Kier molecular flexibility index (Phi) is 1.94. The lowest BCUT2D eigenvalue weighted by atomic mass is 10.2. The third kappa shape index (κ3) is 1.46. The van der Waals surface area contributed by atoms with Gasteiger partial charge in [0.1, 0.15) is 4.75 Å². The molecule has 0 aromatic rings. The van der Waals surface area contributed by atoms with Crippen LogP contribution in [-0.4, -0.2) is 43.3 Å². The molecule has 0 radical (unpaired) electrons. The highest BCUT2D eigenvalue weighted by atomic mass is 32.2. The van der Waals surface area contributed by atoms with Gasteiger partial charge in [0.15, 0.2) is 9.84 Å². The van der Waals surface area contributed by atoms with E-state index in [1.807, 2.05) is 0 Å². The van der Waals surface area contributed by atoms with E-state index in [1.54, 1.807) is 0 Å². The molecule has 1 amide bonds. The topological polar surface area (TPSA) is 54.2 Å². The number of nitrogens with zero attached hydrogens (tertiary/aromatic N) is 1. The number of hydrogen-bond acceptors (Lipinski definition) is 3. The van der Waals surface area contributed by atoms with Crippen LogP contribution < -0.4 is 0 Å². The highest BCUT2D eigenvalue weighted by Crippen LogP contribution is 2.21. The molecule has 0 aliphatic carbocycles. The Bertz CT molecular complexity index is 301. The summed E-state index contributed by atoms with van der Waals surface area (Å²) in [6.45, 7) is 4.28. The van der Waals surface area contributed by atoms with Crippen molar-refractivity contribution in [3.05, 3.63) is 0 Å². The summed E-state index contributed by atoms with van der Waals surface area (Å²) < 4.78 is 21.1. The van der Waals surface area contributed by atoms with E-state index >= 15 is 0 Å². The number of amides is 1. The van der Waals surface area contributed by atoms with Gasteiger partial charge in [-0.05, 0) is 13.8 Å². The van der Waals surface area contributed by atoms with Gasteiger partial charge in [0, 0.05) is 19.3 Å². The van der Waals surface area contributed by atoms with Crippen LogP contribution >= 0.6 is 0 Å². The molecule has 12 heavy (non-hydrogen) atoms. The summed E-state index contributed by atoms with van der Waals surface area (Å²) in [5, 5.41) is 0. The van der Waals surface area contributed by atoms with E-state index in [-0.39, 0.29) is 5.91 Å². The SMILES string of the molecule is CC(C)(C(=O)N1CC1)S(C)(=O)=O. The van der Waals surface area contributed by atoms with Crippen molar-refractivity contribution in [2.75, 3.05) is 19.3 Å². The summed E-state index contributed by atoms with van der Waals surface area (Å²) in [6.07, 6.45) is 1.09. The lowest BCUT2D eigenvalue weighted by Crippen LogP contribution is -2.43. The molecule has 0 atom stereocenters. The first-order chi connectivity index (χ1) is 5.27. The quantitative estimate of drug-likeness (QED) is 0.561.